The van der Waals surface area contributed by atoms with Crippen molar-refractivity contribution < 1.29 is 28.2 Å². The molecule has 0 saturated carbocycles. The lowest BCUT2D eigenvalue weighted by Crippen LogP contribution is -2.55. The highest BCUT2D eigenvalue weighted by Gasteiger charge is 2.41. The van der Waals surface area contributed by atoms with E-state index in [1.54, 1.807) is 0 Å². The molecule has 1 fully saturated rings. The highest BCUT2D eigenvalue weighted by molar-refractivity contribution is 5.65. The van der Waals surface area contributed by atoms with Crippen molar-refractivity contribution in [1.29, 1.82) is 0 Å². The number of hydrogen-bond acceptors (Lipinski definition) is 3. The molecule has 2 N–H and O–H groups in total. The topological polar surface area (TPSA) is 64.0 Å². The molecule has 0 spiro atoms. The smallest absolute Gasteiger partial charge is 0.416 e. The Hall–Kier alpha value is -1.80. The number of nitrogens with zero attached hydrogens (tertiary/aromatic N) is 2. The summed E-state index contributed by atoms with van der Waals surface area (Å²) in [6, 6.07) is 3.07. The minimum absolute atomic E-state index is 0.122. The molecule has 1 amide bonds. The summed E-state index contributed by atoms with van der Waals surface area (Å²) < 4.78 is 38.6. The molecular formula is C16H19F3N2O3. The maximum atomic E-state index is 12.9. The van der Waals surface area contributed by atoms with Gasteiger partial charge in [0.05, 0.1) is 17.7 Å². The summed E-state index contributed by atoms with van der Waals surface area (Å²) in [4.78, 5) is 14.4. The van der Waals surface area contributed by atoms with E-state index in [4.69, 9.17) is 5.11 Å². The normalized spacial score (nSPS) is 28.0. The van der Waals surface area contributed by atoms with E-state index in [1.807, 2.05) is 11.8 Å². The predicted molar refractivity (Wildman–Crippen MR) is 79.7 cm³/mol. The summed E-state index contributed by atoms with van der Waals surface area (Å²) >= 11 is 0. The van der Waals surface area contributed by atoms with E-state index in [0.29, 0.717) is 30.8 Å². The van der Waals surface area contributed by atoms with Crippen LogP contribution in [0, 0.1) is 0 Å². The summed E-state index contributed by atoms with van der Waals surface area (Å²) in [6.45, 7) is 2.94. The number of carboxylic acid groups (broad SMARTS) is 1. The summed E-state index contributed by atoms with van der Waals surface area (Å²) in [5.74, 6) is 0. The number of aliphatic hydroxyl groups is 1. The number of amides is 1. The van der Waals surface area contributed by atoms with Crippen LogP contribution >= 0.6 is 0 Å². The second-order valence-electron chi connectivity index (χ2n) is 6.44. The average molecular weight is 344 g/mol. The first kappa shape index (κ1) is 17.0. The van der Waals surface area contributed by atoms with Gasteiger partial charge in [0.1, 0.15) is 0 Å². The van der Waals surface area contributed by atoms with Crippen LogP contribution in [0.2, 0.25) is 0 Å². The largest absolute Gasteiger partial charge is 0.465 e. The van der Waals surface area contributed by atoms with Crippen molar-refractivity contribution in [1.82, 2.24) is 9.80 Å². The molecule has 0 radical (unpaired) electrons. The molecule has 1 heterocycles. The molecule has 2 aliphatic rings. The Balaban J connectivity index is 1.85. The van der Waals surface area contributed by atoms with Crippen LogP contribution in [0.4, 0.5) is 18.0 Å². The third-order valence-corrected chi connectivity index (χ3v) is 4.89. The Morgan fingerprint density at radius 3 is 2.58 bits per heavy atom. The maximum absolute atomic E-state index is 12.9. The van der Waals surface area contributed by atoms with Gasteiger partial charge in [0, 0.05) is 32.1 Å². The van der Waals surface area contributed by atoms with Crippen LogP contribution in [0.5, 0.6) is 0 Å². The molecule has 3 atom stereocenters. The number of halogens is 3. The van der Waals surface area contributed by atoms with E-state index >= 15 is 0 Å². The number of fused-ring (bicyclic) bond motifs is 1. The van der Waals surface area contributed by atoms with E-state index in [0.717, 1.165) is 12.1 Å². The van der Waals surface area contributed by atoms with Gasteiger partial charge in [0.15, 0.2) is 0 Å². The second-order valence-corrected chi connectivity index (χ2v) is 6.44. The molecule has 0 bridgehead atoms. The SMILES string of the molecule is C[C@H]1CN(C(=O)O)CCN1C1c2ccc(C(F)(F)F)cc2CC1O. The van der Waals surface area contributed by atoms with Crippen molar-refractivity contribution >= 4 is 6.09 Å². The molecule has 24 heavy (non-hydrogen) atoms. The van der Waals surface area contributed by atoms with Crippen molar-refractivity contribution in [2.45, 2.75) is 37.7 Å². The number of aliphatic hydroxyl groups excluding tert-OH is 1. The van der Waals surface area contributed by atoms with E-state index < -0.39 is 30.0 Å². The van der Waals surface area contributed by atoms with Crippen molar-refractivity contribution in [3.63, 3.8) is 0 Å². The third kappa shape index (κ3) is 2.95. The van der Waals surface area contributed by atoms with Crippen LogP contribution in [0.3, 0.4) is 0 Å². The minimum Gasteiger partial charge on any atom is -0.465 e. The third-order valence-electron chi connectivity index (χ3n) is 4.89. The van der Waals surface area contributed by atoms with Crippen molar-refractivity contribution in [3.8, 4) is 0 Å². The first-order valence-electron chi connectivity index (χ1n) is 7.80. The first-order chi connectivity index (χ1) is 11.2. The second kappa shape index (κ2) is 5.93. The van der Waals surface area contributed by atoms with Crippen LogP contribution < -0.4 is 0 Å². The van der Waals surface area contributed by atoms with Crippen LogP contribution in [0.25, 0.3) is 0 Å². The van der Waals surface area contributed by atoms with Gasteiger partial charge < -0.3 is 15.1 Å². The van der Waals surface area contributed by atoms with Crippen LogP contribution in [-0.4, -0.2) is 57.9 Å². The molecule has 5 nitrogen and oxygen atoms in total. The molecule has 132 valence electrons. The fraction of sp³-hybridized carbons (Fsp3) is 0.562. The predicted octanol–water partition coefficient (Wildman–Crippen LogP) is 2.35. The van der Waals surface area contributed by atoms with Gasteiger partial charge >= 0.3 is 12.3 Å². The summed E-state index contributed by atoms with van der Waals surface area (Å²) in [5, 5.41) is 19.5. The van der Waals surface area contributed by atoms with Gasteiger partial charge in [-0.25, -0.2) is 4.79 Å². The summed E-state index contributed by atoms with van der Waals surface area (Å²) in [6.07, 6.45) is -6.00. The van der Waals surface area contributed by atoms with E-state index in [9.17, 15) is 23.1 Å². The number of hydrogen-bond donors (Lipinski definition) is 2. The van der Waals surface area contributed by atoms with Gasteiger partial charge in [-0.2, -0.15) is 13.2 Å². The lowest BCUT2D eigenvalue weighted by atomic mass is 10.0. The summed E-state index contributed by atoms with van der Waals surface area (Å²) in [7, 11) is 0. The fourth-order valence-electron chi connectivity index (χ4n) is 3.75. The fourth-order valence-corrected chi connectivity index (χ4v) is 3.75. The lowest BCUT2D eigenvalue weighted by Gasteiger charge is -2.43. The maximum Gasteiger partial charge on any atom is 0.416 e. The number of piperazine rings is 1. The van der Waals surface area contributed by atoms with Crippen molar-refractivity contribution in [3.05, 3.63) is 34.9 Å². The molecule has 1 aliphatic heterocycles. The molecule has 8 heteroatoms. The van der Waals surface area contributed by atoms with E-state index in [-0.39, 0.29) is 12.5 Å². The molecule has 1 aliphatic carbocycles. The van der Waals surface area contributed by atoms with E-state index in [2.05, 4.69) is 0 Å². The molecule has 1 saturated heterocycles. The summed E-state index contributed by atoms with van der Waals surface area (Å²) in [5.41, 5.74) is 0.499. The monoisotopic (exact) mass is 344 g/mol. The van der Waals surface area contributed by atoms with E-state index in [1.165, 1.54) is 11.0 Å². The zero-order chi connectivity index (χ0) is 17.6. The number of carbonyl (C=O) groups is 1. The van der Waals surface area contributed by atoms with Gasteiger partial charge in [-0.1, -0.05) is 6.07 Å². The molecule has 2 unspecified atom stereocenters. The zero-order valence-corrected chi connectivity index (χ0v) is 13.1. The Morgan fingerprint density at radius 1 is 1.29 bits per heavy atom. The number of rotatable bonds is 1. The van der Waals surface area contributed by atoms with Gasteiger partial charge in [-0.15, -0.1) is 0 Å². The number of alkyl halides is 3. The van der Waals surface area contributed by atoms with Gasteiger partial charge in [-0.3, -0.25) is 4.90 Å². The Labute approximate surface area is 137 Å². The van der Waals surface area contributed by atoms with Crippen LogP contribution in [0.15, 0.2) is 18.2 Å². The Bertz CT molecular complexity index is 650. The molecule has 0 aromatic heterocycles. The first-order valence-corrected chi connectivity index (χ1v) is 7.80. The van der Waals surface area contributed by atoms with Crippen LogP contribution in [-0.2, 0) is 12.6 Å². The van der Waals surface area contributed by atoms with Gasteiger partial charge in [0.25, 0.3) is 0 Å². The highest BCUT2D eigenvalue weighted by Crippen LogP contribution is 2.40. The highest BCUT2D eigenvalue weighted by atomic mass is 19.4. The molecule has 1 aromatic rings. The Morgan fingerprint density at radius 2 is 2.00 bits per heavy atom. The lowest BCUT2D eigenvalue weighted by molar-refractivity contribution is -0.137. The van der Waals surface area contributed by atoms with Gasteiger partial charge in [-0.05, 0) is 30.2 Å². The quantitative estimate of drug-likeness (QED) is 0.821. The molecule has 1 aromatic carbocycles. The number of benzene rings is 1. The van der Waals surface area contributed by atoms with Crippen LogP contribution in [0.1, 0.15) is 29.7 Å². The molecule has 3 rings (SSSR count). The van der Waals surface area contributed by atoms with Crippen molar-refractivity contribution in [2.75, 3.05) is 19.6 Å². The standard InChI is InChI=1S/C16H19F3N2O3/c1-9-8-20(15(23)24)4-5-21(9)14-12-3-2-11(16(17,18)19)6-10(12)7-13(14)22/h2-3,6,9,13-14,22H,4-5,7-8H2,1H3,(H,23,24)/t9-,13?,14?/m0/s1. The average Bonchev–Trinajstić information content (AvgIpc) is 2.81. The molecular weight excluding hydrogens is 325 g/mol. The zero-order valence-electron chi connectivity index (χ0n) is 13.1. The van der Waals surface area contributed by atoms with Crippen molar-refractivity contribution in [2.24, 2.45) is 0 Å². The van der Waals surface area contributed by atoms with Gasteiger partial charge in [0.2, 0.25) is 0 Å². The Kier molecular flexibility index (Phi) is 4.21. The minimum atomic E-state index is -4.40.